The molecule has 0 radical (unpaired) electrons. The van der Waals surface area contributed by atoms with Crippen molar-refractivity contribution in [1.82, 2.24) is 10.2 Å². The lowest BCUT2D eigenvalue weighted by molar-refractivity contribution is 0.313. The quantitative estimate of drug-likeness (QED) is 0.800. The largest absolute Gasteiger partial charge is 0.309 e. The summed E-state index contributed by atoms with van der Waals surface area (Å²) in [4.78, 5) is 2.41. The molecular weight excluding hydrogens is 227 g/mol. The van der Waals surface area contributed by atoms with Gasteiger partial charge in [0.15, 0.2) is 0 Å². The van der Waals surface area contributed by atoms with Crippen LogP contribution < -0.4 is 5.32 Å². The van der Waals surface area contributed by atoms with Gasteiger partial charge in [0.2, 0.25) is 0 Å². The first kappa shape index (κ1) is 13.5. The number of hydrogen-bond acceptors (Lipinski definition) is 2. The minimum absolute atomic E-state index is 0.150. The second-order valence-electron chi connectivity index (χ2n) is 5.18. The van der Waals surface area contributed by atoms with Crippen LogP contribution in [0.3, 0.4) is 0 Å². The van der Waals surface area contributed by atoms with Crippen LogP contribution >= 0.6 is 0 Å². The minimum Gasteiger partial charge on any atom is -0.309 e. The Hall–Kier alpha value is -0.930. The molecule has 0 spiro atoms. The predicted molar refractivity (Wildman–Crippen MR) is 73.1 cm³/mol. The summed E-state index contributed by atoms with van der Waals surface area (Å²) in [6.45, 7) is 4.16. The van der Waals surface area contributed by atoms with Gasteiger partial charge in [-0.1, -0.05) is 19.1 Å². The Labute approximate surface area is 109 Å². The Balaban J connectivity index is 1.81. The van der Waals surface area contributed by atoms with Crippen LogP contribution in [0.1, 0.15) is 37.8 Å². The molecule has 3 heteroatoms. The molecule has 0 bridgehead atoms. The Morgan fingerprint density at radius 2 is 2.22 bits per heavy atom. The first-order valence-electron chi connectivity index (χ1n) is 6.89. The van der Waals surface area contributed by atoms with Crippen molar-refractivity contribution in [2.75, 3.05) is 20.1 Å². The summed E-state index contributed by atoms with van der Waals surface area (Å²) in [5.74, 6) is -0.150. The number of benzene rings is 1. The highest BCUT2D eigenvalue weighted by atomic mass is 19.1. The first-order valence-corrected chi connectivity index (χ1v) is 6.89. The van der Waals surface area contributed by atoms with Gasteiger partial charge in [0.25, 0.3) is 0 Å². The number of rotatable bonds is 7. The summed E-state index contributed by atoms with van der Waals surface area (Å²) in [6.07, 6.45) is 3.67. The van der Waals surface area contributed by atoms with Gasteiger partial charge < -0.3 is 10.2 Å². The number of hydrogen-bond donors (Lipinski definition) is 1. The molecule has 1 N–H and O–H groups in total. The van der Waals surface area contributed by atoms with Crippen molar-refractivity contribution in [3.05, 3.63) is 35.6 Å². The highest BCUT2D eigenvalue weighted by Gasteiger charge is 2.25. The summed E-state index contributed by atoms with van der Waals surface area (Å²) in [6, 6.07) is 7.97. The molecule has 1 aromatic carbocycles. The number of nitrogens with zero attached hydrogens (tertiary/aromatic N) is 1. The van der Waals surface area contributed by atoms with Crippen LogP contribution in [0.2, 0.25) is 0 Å². The van der Waals surface area contributed by atoms with Gasteiger partial charge >= 0.3 is 0 Å². The fourth-order valence-electron chi connectivity index (χ4n) is 2.33. The highest BCUT2D eigenvalue weighted by Crippen LogP contribution is 2.24. The van der Waals surface area contributed by atoms with E-state index in [9.17, 15) is 4.39 Å². The second kappa shape index (κ2) is 6.30. The lowest BCUT2D eigenvalue weighted by Gasteiger charge is -2.21. The average molecular weight is 250 g/mol. The molecule has 1 saturated carbocycles. The van der Waals surface area contributed by atoms with Gasteiger partial charge in [-0.05, 0) is 44.0 Å². The standard InChI is InChI=1S/C15H23FN2/c1-3-15(12-5-4-6-13(16)11-12)17-9-10-18(2)14-7-8-14/h4-6,11,14-15,17H,3,7-10H2,1-2H3. The maximum atomic E-state index is 13.2. The van der Waals surface area contributed by atoms with E-state index in [1.54, 1.807) is 12.1 Å². The van der Waals surface area contributed by atoms with Crippen LogP contribution in [0.5, 0.6) is 0 Å². The molecular formula is C15H23FN2. The Kier molecular flexibility index (Phi) is 4.72. The molecule has 1 atom stereocenters. The Morgan fingerprint density at radius 1 is 1.44 bits per heavy atom. The van der Waals surface area contributed by atoms with Crippen LogP contribution in [0.15, 0.2) is 24.3 Å². The van der Waals surface area contributed by atoms with E-state index < -0.39 is 0 Å². The van der Waals surface area contributed by atoms with Gasteiger partial charge in [0.05, 0.1) is 0 Å². The van der Waals surface area contributed by atoms with Gasteiger partial charge in [0, 0.05) is 25.2 Å². The summed E-state index contributed by atoms with van der Waals surface area (Å²) >= 11 is 0. The maximum absolute atomic E-state index is 13.2. The molecule has 1 aliphatic rings. The van der Waals surface area contributed by atoms with E-state index in [0.717, 1.165) is 31.1 Å². The van der Waals surface area contributed by atoms with Crippen LogP contribution in [0, 0.1) is 5.82 Å². The van der Waals surface area contributed by atoms with Gasteiger partial charge in [0.1, 0.15) is 5.82 Å². The van der Waals surface area contributed by atoms with E-state index in [4.69, 9.17) is 0 Å². The van der Waals surface area contributed by atoms with Gasteiger partial charge in [-0.2, -0.15) is 0 Å². The van der Waals surface area contributed by atoms with Crippen LogP contribution in [0.25, 0.3) is 0 Å². The minimum atomic E-state index is -0.150. The third-order valence-electron chi connectivity index (χ3n) is 3.68. The van der Waals surface area contributed by atoms with Crippen molar-refractivity contribution in [2.45, 2.75) is 38.3 Å². The third-order valence-corrected chi connectivity index (χ3v) is 3.68. The van der Waals surface area contributed by atoms with Gasteiger partial charge in [-0.15, -0.1) is 0 Å². The van der Waals surface area contributed by atoms with Crippen molar-refractivity contribution >= 4 is 0 Å². The zero-order valence-electron chi connectivity index (χ0n) is 11.3. The molecule has 0 aliphatic heterocycles. The highest BCUT2D eigenvalue weighted by molar-refractivity contribution is 5.20. The SMILES string of the molecule is CCC(NCCN(C)C1CC1)c1cccc(F)c1. The molecule has 0 heterocycles. The van der Waals surface area contributed by atoms with Crippen molar-refractivity contribution in [1.29, 1.82) is 0 Å². The Morgan fingerprint density at radius 3 is 2.83 bits per heavy atom. The van der Waals surface area contributed by atoms with Crippen molar-refractivity contribution in [3.8, 4) is 0 Å². The molecule has 0 saturated heterocycles. The fourth-order valence-corrected chi connectivity index (χ4v) is 2.33. The van der Waals surface area contributed by atoms with Crippen LogP contribution in [0.4, 0.5) is 4.39 Å². The summed E-state index contributed by atoms with van der Waals surface area (Å²) in [7, 11) is 2.18. The van der Waals surface area contributed by atoms with Crippen molar-refractivity contribution < 1.29 is 4.39 Å². The molecule has 0 aromatic heterocycles. The molecule has 1 aliphatic carbocycles. The molecule has 18 heavy (non-hydrogen) atoms. The topological polar surface area (TPSA) is 15.3 Å². The van der Waals surface area contributed by atoms with Crippen molar-refractivity contribution in [3.63, 3.8) is 0 Å². The predicted octanol–water partition coefficient (Wildman–Crippen LogP) is 2.96. The lowest BCUT2D eigenvalue weighted by Crippen LogP contribution is -2.32. The monoisotopic (exact) mass is 250 g/mol. The molecule has 100 valence electrons. The normalized spacial score (nSPS) is 17.1. The average Bonchev–Trinajstić information content (AvgIpc) is 3.18. The molecule has 1 fully saturated rings. The van der Waals surface area contributed by atoms with E-state index in [1.807, 2.05) is 6.07 Å². The molecule has 1 unspecified atom stereocenters. The first-order chi connectivity index (χ1) is 8.70. The second-order valence-corrected chi connectivity index (χ2v) is 5.18. The summed E-state index contributed by atoms with van der Waals surface area (Å²) in [5.41, 5.74) is 1.05. The Bertz CT molecular complexity index is 377. The number of likely N-dealkylation sites (N-methyl/N-ethyl adjacent to an activating group) is 1. The smallest absolute Gasteiger partial charge is 0.123 e. The zero-order chi connectivity index (χ0) is 13.0. The van der Waals surface area contributed by atoms with E-state index in [1.165, 1.54) is 18.9 Å². The van der Waals surface area contributed by atoms with Crippen LogP contribution in [-0.4, -0.2) is 31.1 Å². The summed E-state index contributed by atoms with van der Waals surface area (Å²) in [5, 5.41) is 3.52. The van der Waals surface area contributed by atoms with Crippen molar-refractivity contribution in [2.24, 2.45) is 0 Å². The molecule has 1 aromatic rings. The third kappa shape index (κ3) is 3.79. The van der Waals surface area contributed by atoms with Gasteiger partial charge in [-0.25, -0.2) is 4.39 Å². The van der Waals surface area contributed by atoms with Gasteiger partial charge in [-0.3, -0.25) is 0 Å². The molecule has 2 rings (SSSR count). The molecule has 0 amide bonds. The molecule has 2 nitrogen and oxygen atoms in total. The number of nitrogens with one attached hydrogen (secondary N) is 1. The maximum Gasteiger partial charge on any atom is 0.123 e. The number of halogens is 1. The lowest BCUT2D eigenvalue weighted by atomic mass is 10.0. The fraction of sp³-hybridized carbons (Fsp3) is 0.600. The van der Waals surface area contributed by atoms with E-state index in [-0.39, 0.29) is 11.9 Å². The van der Waals surface area contributed by atoms with E-state index in [2.05, 4.69) is 24.2 Å². The summed E-state index contributed by atoms with van der Waals surface area (Å²) < 4.78 is 13.2. The van der Waals surface area contributed by atoms with E-state index in [0.29, 0.717) is 0 Å². The van der Waals surface area contributed by atoms with Crippen LogP contribution in [-0.2, 0) is 0 Å². The van der Waals surface area contributed by atoms with E-state index >= 15 is 0 Å². The zero-order valence-corrected chi connectivity index (χ0v) is 11.3.